The van der Waals surface area contributed by atoms with E-state index in [-0.39, 0.29) is 34.5 Å². The number of carbonyl (C=O) groups is 1. The van der Waals surface area contributed by atoms with E-state index in [2.05, 4.69) is 5.10 Å². The van der Waals surface area contributed by atoms with E-state index in [4.69, 9.17) is 4.74 Å². The number of benzene rings is 2. The molecule has 1 aromatic heterocycles. The molecule has 3 rings (SSSR count). The summed E-state index contributed by atoms with van der Waals surface area (Å²) in [4.78, 5) is 11.8. The summed E-state index contributed by atoms with van der Waals surface area (Å²) in [5.74, 6) is -0.903. The first-order chi connectivity index (χ1) is 14.1. The molecule has 0 aliphatic heterocycles. The second-order valence-electron chi connectivity index (χ2n) is 7.54. The normalized spacial score (nSPS) is 11.7. The van der Waals surface area contributed by atoms with Gasteiger partial charge >= 0.3 is 5.97 Å². The molecular weight excluding hydrogens is 394 g/mol. The molecule has 0 aliphatic rings. The maximum absolute atomic E-state index is 13.2. The standard InChI is InChI=1S/C22H22F2N2O4/c1-22(2,29)12-26-9-8-18(25-26)13-4-6-15(21(27)28)16(10-13)17-11-14(20(23)24)5-7-19(17)30-3/h4-11,20,29H,12H2,1-3H3,(H,27,28). The van der Waals surface area contributed by atoms with Crippen LogP contribution in [0.2, 0.25) is 0 Å². The van der Waals surface area contributed by atoms with Crippen molar-refractivity contribution in [2.24, 2.45) is 0 Å². The minimum absolute atomic E-state index is 0.0422. The van der Waals surface area contributed by atoms with Crippen LogP contribution in [-0.2, 0) is 6.54 Å². The zero-order chi connectivity index (χ0) is 22.1. The number of hydrogen-bond acceptors (Lipinski definition) is 4. The lowest BCUT2D eigenvalue weighted by Gasteiger charge is -2.16. The van der Waals surface area contributed by atoms with E-state index in [1.165, 1.54) is 31.4 Å². The summed E-state index contributed by atoms with van der Waals surface area (Å²) in [6.07, 6.45) is -1.00. The van der Waals surface area contributed by atoms with Crippen LogP contribution in [0.5, 0.6) is 5.75 Å². The Balaban J connectivity index is 2.14. The van der Waals surface area contributed by atoms with Crippen LogP contribution in [-0.4, -0.2) is 38.7 Å². The number of aromatic nitrogens is 2. The Labute approximate surface area is 172 Å². The highest BCUT2D eigenvalue weighted by molar-refractivity contribution is 5.98. The third kappa shape index (κ3) is 4.65. The molecule has 0 radical (unpaired) electrons. The van der Waals surface area contributed by atoms with Crippen molar-refractivity contribution in [3.05, 3.63) is 59.8 Å². The molecule has 0 spiro atoms. The number of rotatable bonds is 7. The van der Waals surface area contributed by atoms with Gasteiger partial charge in [0.25, 0.3) is 6.43 Å². The molecule has 8 heteroatoms. The Morgan fingerprint density at radius 2 is 1.90 bits per heavy atom. The van der Waals surface area contributed by atoms with E-state index in [1.54, 1.807) is 42.9 Å². The Kier molecular flexibility index (Phi) is 5.89. The smallest absolute Gasteiger partial charge is 0.336 e. The summed E-state index contributed by atoms with van der Waals surface area (Å²) in [7, 11) is 1.39. The average Bonchev–Trinajstić information content (AvgIpc) is 3.13. The van der Waals surface area contributed by atoms with Gasteiger partial charge in [-0.05, 0) is 50.2 Å². The van der Waals surface area contributed by atoms with Gasteiger partial charge in [-0.3, -0.25) is 4.68 Å². The molecule has 2 N–H and O–H groups in total. The zero-order valence-electron chi connectivity index (χ0n) is 16.8. The molecule has 0 aliphatic carbocycles. The van der Waals surface area contributed by atoms with Crippen molar-refractivity contribution in [1.82, 2.24) is 9.78 Å². The van der Waals surface area contributed by atoms with Crippen molar-refractivity contribution in [3.63, 3.8) is 0 Å². The van der Waals surface area contributed by atoms with E-state index in [9.17, 15) is 23.8 Å². The maximum atomic E-state index is 13.2. The van der Waals surface area contributed by atoms with Crippen molar-refractivity contribution in [2.75, 3.05) is 7.11 Å². The Morgan fingerprint density at radius 1 is 1.17 bits per heavy atom. The van der Waals surface area contributed by atoms with E-state index in [1.807, 2.05) is 0 Å². The lowest BCUT2D eigenvalue weighted by atomic mass is 9.94. The first kappa shape index (κ1) is 21.4. The number of aliphatic hydroxyl groups is 1. The van der Waals surface area contributed by atoms with Gasteiger partial charge in [-0.2, -0.15) is 5.10 Å². The first-order valence-electron chi connectivity index (χ1n) is 9.19. The van der Waals surface area contributed by atoms with Gasteiger partial charge < -0.3 is 14.9 Å². The number of alkyl halides is 2. The van der Waals surface area contributed by atoms with Crippen LogP contribution in [0, 0.1) is 0 Å². The largest absolute Gasteiger partial charge is 0.496 e. The van der Waals surface area contributed by atoms with Crippen molar-refractivity contribution in [1.29, 1.82) is 0 Å². The van der Waals surface area contributed by atoms with Gasteiger partial charge in [0.1, 0.15) is 5.75 Å². The number of aromatic carboxylic acids is 1. The van der Waals surface area contributed by atoms with Crippen LogP contribution in [0.1, 0.15) is 36.2 Å². The molecule has 0 saturated carbocycles. The second kappa shape index (κ2) is 8.23. The minimum atomic E-state index is -2.70. The van der Waals surface area contributed by atoms with Gasteiger partial charge in [0, 0.05) is 28.5 Å². The first-order valence-corrected chi connectivity index (χ1v) is 9.19. The predicted octanol–water partition coefficient (Wildman–Crippen LogP) is 4.63. The van der Waals surface area contributed by atoms with E-state index < -0.39 is 18.0 Å². The molecule has 0 bridgehead atoms. The molecular formula is C22H22F2N2O4. The molecule has 1 heterocycles. The third-order valence-electron chi connectivity index (χ3n) is 4.50. The van der Waals surface area contributed by atoms with Crippen molar-refractivity contribution >= 4 is 5.97 Å². The molecule has 0 fully saturated rings. The molecule has 0 amide bonds. The highest BCUT2D eigenvalue weighted by atomic mass is 19.3. The van der Waals surface area contributed by atoms with Gasteiger partial charge in [0.2, 0.25) is 0 Å². The Bertz CT molecular complexity index is 1070. The van der Waals surface area contributed by atoms with Crippen LogP contribution >= 0.6 is 0 Å². The molecule has 6 nitrogen and oxygen atoms in total. The lowest BCUT2D eigenvalue weighted by molar-refractivity contribution is 0.0577. The zero-order valence-corrected chi connectivity index (χ0v) is 16.8. The second-order valence-corrected chi connectivity index (χ2v) is 7.54. The number of nitrogens with zero attached hydrogens (tertiary/aromatic N) is 2. The van der Waals surface area contributed by atoms with Gasteiger partial charge in [-0.25, -0.2) is 13.6 Å². The third-order valence-corrected chi connectivity index (χ3v) is 4.50. The van der Waals surface area contributed by atoms with Gasteiger partial charge in [-0.15, -0.1) is 0 Å². The number of ether oxygens (including phenoxy) is 1. The van der Waals surface area contributed by atoms with Crippen molar-refractivity contribution < 1.29 is 28.5 Å². The van der Waals surface area contributed by atoms with E-state index in [0.29, 0.717) is 11.3 Å². The molecule has 158 valence electrons. The lowest BCUT2D eigenvalue weighted by Crippen LogP contribution is -2.26. The van der Waals surface area contributed by atoms with Crippen LogP contribution in [0.4, 0.5) is 8.78 Å². The highest BCUT2D eigenvalue weighted by Gasteiger charge is 2.20. The maximum Gasteiger partial charge on any atom is 0.336 e. The van der Waals surface area contributed by atoms with E-state index >= 15 is 0 Å². The highest BCUT2D eigenvalue weighted by Crippen LogP contribution is 2.37. The summed E-state index contributed by atoms with van der Waals surface area (Å²) in [5, 5.41) is 24.0. The monoisotopic (exact) mass is 416 g/mol. The Hall–Kier alpha value is -3.26. The van der Waals surface area contributed by atoms with Crippen molar-refractivity contribution in [2.45, 2.75) is 32.4 Å². The van der Waals surface area contributed by atoms with E-state index in [0.717, 1.165) is 0 Å². The SMILES string of the molecule is COc1ccc(C(F)F)cc1-c1cc(-c2ccn(CC(C)(C)O)n2)ccc1C(=O)O. The fraction of sp³-hybridized carbons (Fsp3) is 0.273. The molecule has 0 saturated heterocycles. The number of carboxylic acids is 1. The molecule has 0 atom stereocenters. The number of halogens is 2. The van der Waals surface area contributed by atoms with Gasteiger partial charge in [0.05, 0.1) is 30.5 Å². The Morgan fingerprint density at radius 3 is 2.50 bits per heavy atom. The number of hydrogen-bond donors (Lipinski definition) is 2. The number of methoxy groups -OCH3 is 1. The summed E-state index contributed by atoms with van der Waals surface area (Å²) in [5.41, 5.74) is 0.434. The summed E-state index contributed by atoms with van der Waals surface area (Å²) >= 11 is 0. The topological polar surface area (TPSA) is 84.6 Å². The van der Waals surface area contributed by atoms with Crippen LogP contribution in [0.15, 0.2) is 48.7 Å². The molecule has 0 unspecified atom stereocenters. The molecule has 3 aromatic rings. The van der Waals surface area contributed by atoms with Crippen LogP contribution < -0.4 is 4.74 Å². The predicted molar refractivity (Wildman–Crippen MR) is 108 cm³/mol. The fourth-order valence-corrected chi connectivity index (χ4v) is 3.18. The average molecular weight is 416 g/mol. The van der Waals surface area contributed by atoms with Crippen molar-refractivity contribution in [3.8, 4) is 28.1 Å². The quantitative estimate of drug-likeness (QED) is 0.587. The van der Waals surface area contributed by atoms with Gasteiger partial charge in [-0.1, -0.05) is 6.07 Å². The molecule has 30 heavy (non-hydrogen) atoms. The summed E-state index contributed by atoms with van der Waals surface area (Å²) in [6, 6.07) is 10.2. The fourth-order valence-electron chi connectivity index (χ4n) is 3.18. The van der Waals surface area contributed by atoms with Gasteiger partial charge in [0.15, 0.2) is 0 Å². The molecule has 2 aromatic carbocycles. The summed E-state index contributed by atoms with van der Waals surface area (Å²) < 4.78 is 33.4. The van der Waals surface area contributed by atoms with Crippen LogP contribution in [0.3, 0.4) is 0 Å². The minimum Gasteiger partial charge on any atom is -0.496 e. The summed E-state index contributed by atoms with van der Waals surface area (Å²) in [6.45, 7) is 3.60. The number of carboxylic acid groups (broad SMARTS) is 1. The van der Waals surface area contributed by atoms with Crippen LogP contribution in [0.25, 0.3) is 22.4 Å².